The quantitative estimate of drug-likeness (QED) is 0.751. The highest BCUT2D eigenvalue weighted by molar-refractivity contribution is 8.01. The van der Waals surface area contributed by atoms with Crippen molar-refractivity contribution in [2.24, 2.45) is 0 Å². The van der Waals surface area contributed by atoms with Crippen molar-refractivity contribution in [3.05, 3.63) is 57.6 Å². The monoisotopic (exact) mass is 409 g/mol. The lowest BCUT2D eigenvalue weighted by atomic mass is 10.1. The maximum Gasteiger partial charge on any atom is 0.305 e. The number of carboxylic acid groups (broad SMARTS) is 1. The minimum atomic E-state index is -0.986. The van der Waals surface area contributed by atoms with Gasteiger partial charge in [-0.3, -0.25) is 9.59 Å². The van der Waals surface area contributed by atoms with Crippen LogP contribution < -0.4 is 4.90 Å². The first-order valence-electron chi connectivity index (χ1n) is 8.15. The third-order valence-electron chi connectivity index (χ3n) is 4.22. The molecule has 2 aromatic carbocycles. The van der Waals surface area contributed by atoms with Crippen LogP contribution in [0.2, 0.25) is 10.0 Å². The van der Waals surface area contributed by atoms with Gasteiger partial charge in [0.1, 0.15) is 0 Å². The van der Waals surface area contributed by atoms with E-state index in [9.17, 15) is 9.59 Å². The summed E-state index contributed by atoms with van der Waals surface area (Å²) in [6.07, 6.45) is 0.662. The number of aliphatic carboxylic acids is 1. The summed E-state index contributed by atoms with van der Waals surface area (Å²) in [5.74, 6) is -1.19. The van der Waals surface area contributed by atoms with Gasteiger partial charge in [0.2, 0.25) is 5.91 Å². The number of benzene rings is 2. The van der Waals surface area contributed by atoms with E-state index in [1.165, 1.54) is 11.8 Å². The first-order chi connectivity index (χ1) is 12.4. The third kappa shape index (κ3) is 4.00. The Bertz CT molecular complexity index is 872. The van der Waals surface area contributed by atoms with Gasteiger partial charge in [0, 0.05) is 4.90 Å². The molecule has 0 aliphatic carbocycles. The average Bonchev–Trinajstić information content (AvgIpc) is 2.60. The van der Waals surface area contributed by atoms with E-state index in [4.69, 9.17) is 28.3 Å². The van der Waals surface area contributed by atoms with E-state index in [2.05, 4.69) is 6.92 Å². The fourth-order valence-corrected chi connectivity index (χ4v) is 4.46. The second-order valence-corrected chi connectivity index (χ2v) is 8.09. The number of anilines is 1. The Hall–Kier alpha value is -1.69. The summed E-state index contributed by atoms with van der Waals surface area (Å²) in [5.41, 5.74) is 2.78. The standard InChI is InChI=1S/C19H17Cl2NO3S/c1-2-11-4-6-15-16(8-11)26-17(9-18(23)24)19(25)22(15)10-12-3-5-13(20)14(21)7-12/h3-8,17H,2,9-10H2,1H3,(H,23,24). The molecule has 0 aromatic heterocycles. The predicted molar refractivity (Wildman–Crippen MR) is 105 cm³/mol. The van der Waals surface area contributed by atoms with Gasteiger partial charge in [0.25, 0.3) is 0 Å². The maximum absolute atomic E-state index is 12.9. The number of hydrogen-bond donors (Lipinski definition) is 1. The van der Waals surface area contributed by atoms with Crippen LogP contribution in [-0.4, -0.2) is 22.2 Å². The van der Waals surface area contributed by atoms with E-state index in [0.29, 0.717) is 16.6 Å². The molecule has 1 unspecified atom stereocenters. The van der Waals surface area contributed by atoms with Crippen LogP contribution in [0.1, 0.15) is 24.5 Å². The summed E-state index contributed by atoms with van der Waals surface area (Å²) in [6.45, 7) is 2.37. The number of carbonyl (C=O) groups excluding carboxylic acids is 1. The number of carbonyl (C=O) groups is 2. The molecule has 1 aliphatic heterocycles. The Balaban J connectivity index is 1.99. The molecular weight excluding hydrogens is 393 g/mol. The van der Waals surface area contributed by atoms with E-state index in [-0.39, 0.29) is 12.3 Å². The summed E-state index contributed by atoms with van der Waals surface area (Å²) in [7, 11) is 0. The van der Waals surface area contributed by atoms with Crippen molar-refractivity contribution in [2.45, 2.75) is 36.5 Å². The fraction of sp³-hybridized carbons (Fsp3) is 0.263. The molecule has 0 saturated carbocycles. The number of thioether (sulfide) groups is 1. The zero-order chi connectivity index (χ0) is 18.8. The molecule has 0 fully saturated rings. The van der Waals surface area contributed by atoms with Gasteiger partial charge in [0.15, 0.2) is 0 Å². The van der Waals surface area contributed by atoms with E-state index < -0.39 is 11.2 Å². The van der Waals surface area contributed by atoms with Gasteiger partial charge in [-0.05, 0) is 41.8 Å². The Morgan fingerprint density at radius 1 is 1.15 bits per heavy atom. The first kappa shape index (κ1) is 19.1. The molecule has 136 valence electrons. The van der Waals surface area contributed by atoms with Gasteiger partial charge in [-0.1, -0.05) is 42.3 Å². The number of carboxylic acids is 1. The molecule has 1 amide bonds. The molecule has 0 saturated heterocycles. The number of halogens is 2. The highest BCUT2D eigenvalue weighted by Crippen LogP contribution is 2.42. The summed E-state index contributed by atoms with van der Waals surface area (Å²) < 4.78 is 0. The molecule has 1 heterocycles. The number of fused-ring (bicyclic) bond motifs is 1. The SMILES string of the molecule is CCc1ccc2c(c1)SC(CC(=O)O)C(=O)N2Cc1ccc(Cl)c(Cl)c1. The minimum absolute atomic E-state index is 0.208. The smallest absolute Gasteiger partial charge is 0.305 e. The molecule has 3 rings (SSSR count). The van der Waals surface area contributed by atoms with Crippen molar-refractivity contribution in [1.29, 1.82) is 0 Å². The van der Waals surface area contributed by atoms with Gasteiger partial charge in [0.05, 0.1) is 33.9 Å². The highest BCUT2D eigenvalue weighted by atomic mass is 35.5. The molecule has 1 atom stereocenters. The number of rotatable bonds is 5. The van der Waals surface area contributed by atoms with Crippen molar-refractivity contribution in [2.75, 3.05) is 4.90 Å². The number of amides is 1. The summed E-state index contributed by atoms with van der Waals surface area (Å²) in [5, 5.41) is 9.39. The van der Waals surface area contributed by atoms with Crippen molar-refractivity contribution in [3.8, 4) is 0 Å². The van der Waals surface area contributed by atoms with Crippen LogP contribution in [0.5, 0.6) is 0 Å². The van der Waals surface area contributed by atoms with E-state index in [1.807, 2.05) is 24.3 Å². The van der Waals surface area contributed by atoms with Crippen LogP contribution >= 0.6 is 35.0 Å². The number of hydrogen-bond acceptors (Lipinski definition) is 3. The predicted octanol–water partition coefficient (Wildman–Crippen LogP) is 5.04. The molecule has 0 bridgehead atoms. The molecule has 4 nitrogen and oxygen atoms in total. The van der Waals surface area contributed by atoms with E-state index in [1.54, 1.807) is 17.0 Å². The number of aryl methyl sites for hydroxylation is 1. The summed E-state index contributed by atoms with van der Waals surface area (Å²) in [6, 6.07) is 11.2. The molecule has 0 spiro atoms. The largest absolute Gasteiger partial charge is 0.481 e. The fourth-order valence-electron chi connectivity index (χ4n) is 2.86. The summed E-state index contributed by atoms with van der Waals surface area (Å²) in [4.78, 5) is 26.7. The molecule has 2 aromatic rings. The average molecular weight is 410 g/mol. The number of nitrogens with zero attached hydrogens (tertiary/aromatic N) is 1. The Morgan fingerprint density at radius 2 is 1.88 bits per heavy atom. The normalized spacial score (nSPS) is 16.5. The lowest BCUT2D eigenvalue weighted by molar-refractivity contribution is -0.138. The Morgan fingerprint density at radius 3 is 2.54 bits per heavy atom. The first-order valence-corrected chi connectivity index (χ1v) is 9.79. The lowest BCUT2D eigenvalue weighted by Gasteiger charge is -2.33. The highest BCUT2D eigenvalue weighted by Gasteiger charge is 2.35. The second-order valence-electron chi connectivity index (χ2n) is 6.03. The zero-order valence-corrected chi connectivity index (χ0v) is 16.4. The Labute approximate surface area is 166 Å². The molecule has 26 heavy (non-hydrogen) atoms. The topological polar surface area (TPSA) is 57.6 Å². The molecular formula is C19H17Cl2NO3S. The van der Waals surface area contributed by atoms with Crippen molar-refractivity contribution in [3.63, 3.8) is 0 Å². The van der Waals surface area contributed by atoms with Gasteiger partial charge in [-0.2, -0.15) is 0 Å². The van der Waals surface area contributed by atoms with Gasteiger partial charge >= 0.3 is 5.97 Å². The van der Waals surface area contributed by atoms with Crippen molar-refractivity contribution < 1.29 is 14.7 Å². The third-order valence-corrected chi connectivity index (χ3v) is 6.19. The minimum Gasteiger partial charge on any atom is -0.481 e. The molecule has 0 radical (unpaired) electrons. The summed E-state index contributed by atoms with van der Waals surface area (Å²) >= 11 is 13.4. The van der Waals surface area contributed by atoms with E-state index >= 15 is 0 Å². The zero-order valence-electron chi connectivity index (χ0n) is 14.0. The van der Waals surface area contributed by atoms with Gasteiger partial charge < -0.3 is 10.0 Å². The second kappa shape index (κ2) is 7.91. The van der Waals surface area contributed by atoms with Crippen LogP contribution in [0.15, 0.2) is 41.3 Å². The molecule has 1 aliphatic rings. The van der Waals surface area contributed by atoms with Gasteiger partial charge in [-0.15, -0.1) is 11.8 Å². The van der Waals surface area contributed by atoms with Crippen LogP contribution in [0.4, 0.5) is 5.69 Å². The van der Waals surface area contributed by atoms with Crippen molar-refractivity contribution >= 4 is 52.5 Å². The Kier molecular flexibility index (Phi) is 5.80. The van der Waals surface area contributed by atoms with Crippen LogP contribution in [0.3, 0.4) is 0 Å². The van der Waals surface area contributed by atoms with Crippen LogP contribution in [0, 0.1) is 0 Å². The lowest BCUT2D eigenvalue weighted by Crippen LogP contribution is -2.41. The molecule has 1 N–H and O–H groups in total. The maximum atomic E-state index is 12.9. The van der Waals surface area contributed by atoms with Gasteiger partial charge in [-0.25, -0.2) is 0 Å². The van der Waals surface area contributed by atoms with E-state index in [0.717, 1.165) is 28.1 Å². The van der Waals surface area contributed by atoms with Crippen LogP contribution in [-0.2, 0) is 22.6 Å². The molecule has 7 heteroatoms. The van der Waals surface area contributed by atoms with Crippen LogP contribution in [0.25, 0.3) is 0 Å². The van der Waals surface area contributed by atoms with Crippen molar-refractivity contribution in [1.82, 2.24) is 0 Å².